The molecule has 3 heterocycles. The van der Waals surface area contributed by atoms with Crippen LogP contribution in [0.15, 0.2) is 53.2 Å². The average molecular weight is 413 g/mol. The minimum atomic E-state index is -0.120. The van der Waals surface area contributed by atoms with Crippen LogP contribution in [0, 0.1) is 5.92 Å². The SMILES string of the molecule is O=C(Nc1nc(-c2cccs2)cs1)C1CCN(C(=O)Nc2ccccc2)CC1. The van der Waals surface area contributed by atoms with E-state index < -0.39 is 0 Å². The molecule has 2 aromatic heterocycles. The lowest BCUT2D eigenvalue weighted by Gasteiger charge is -2.31. The van der Waals surface area contributed by atoms with Crippen molar-refractivity contribution in [2.75, 3.05) is 23.7 Å². The molecule has 4 rings (SSSR count). The molecule has 8 heteroatoms. The summed E-state index contributed by atoms with van der Waals surface area (Å²) in [5.41, 5.74) is 1.67. The molecule has 1 aliphatic heterocycles. The molecule has 0 spiro atoms. The minimum Gasteiger partial charge on any atom is -0.324 e. The van der Waals surface area contributed by atoms with E-state index >= 15 is 0 Å². The first-order chi connectivity index (χ1) is 13.7. The topological polar surface area (TPSA) is 74.3 Å². The van der Waals surface area contributed by atoms with Crippen LogP contribution in [0.3, 0.4) is 0 Å². The van der Waals surface area contributed by atoms with Crippen LogP contribution in [0.2, 0.25) is 0 Å². The van der Waals surface area contributed by atoms with Gasteiger partial charge in [-0.25, -0.2) is 9.78 Å². The normalized spacial score (nSPS) is 14.6. The fraction of sp³-hybridized carbons (Fsp3) is 0.250. The maximum Gasteiger partial charge on any atom is 0.321 e. The highest BCUT2D eigenvalue weighted by Gasteiger charge is 2.28. The highest BCUT2D eigenvalue weighted by molar-refractivity contribution is 7.16. The zero-order chi connectivity index (χ0) is 19.3. The molecular weight excluding hydrogens is 392 g/mol. The maximum atomic E-state index is 12.6. The largest absolute Gasteiger partial charge is 0.324 e. The van der Waals surface area contributed by atoms with Crippen molar-refractivity contribution in [3.8, 4) is 10.6 Å². The van der Waals surface area contributed by atoms with E-state index in [0.29, 0.717) is 31.1 Å². The number of nitrogens with zero attached hydrogens (tertiary/aromatic N) is 2. The van der Waals surface area contributed by atoms with Gasteiger partial charge < -0.3 is 15.5 Å². The van der Waals surface area contributed by atoms with Crippen molar-refractivity contribution in [1.82, 2.24) is 9.88 Å². The lowest BCUT2D eigenvalue weighted by Crippen LogP contribution is -2.43. The Balaban J connectivity index is 1.27. The Morgan fingerprint density at radius 1 is 1.00 bits per heavy atom. The van der Waals surface area contributed by atoms with E-state index in [4.69, 9.17) is 0 Å². The summed E-state index contributed by atoms with van der Waals surface area (Å²) in [7, 11) is 0. The highest BCUT2D eigenvalue weighted by Crippen LogP contribution is 2.29. The van der Waals surface area contributed by atoms with Crippen molar-refractivity contribution in [3.05, 3.63) is 53.2 Å². The van der Waals surface area contributed by atoms with Crippen molar-refractivity contribution < 1.29 is 9.59 Å². The van der Waals surface area contributed by atoms with Gasteiger partial charge in [0.1, 0.15) is 0 Å². The monoisotopic (exact) mass is 412 g/mol. The van der Waals surface area contributed by atoms with Gasteiger partial charge in [0.25, 0.3) is 0 Å². The summed E-state index contributed by atoms with van der Waals surface area (Å²) in [5.74, 6) is -0.120. The Bertz CT molecular complexity index is 932. The number of aromatic nitrogens is 1. The molecule has 1 aliphatic rings. The van der Waals surface area contributed by atoms with Crippen molar-refractivity contribution in [2.24, 2.45) is 5.92 Å². The van der Waals surface area contributed by atoms with Crippen LogP contribution in [0.1, 0.15) is 12.8 Å². The van der Waals surface area contributed by atoms with Crippen molar-refractivity contribution >= 4 is 45.4 Å². The first-order valence-electron chi connectivity index (χ1n) is 9.10. The smallest absolute Gasteiger partial charge is 0.321 e. The number of urea groups is 1. The van der Waals surface area contributed by atoms with Gasteiger partial charge in [0.2, 0.25) is 5.91 Å². The van der Waals surface area contributed by atoms with Gasteiger partial charge in [0.15, 0.2) is 5.13 Å². The molecule has 144 valence electrons. The number of carbonyl (C=O) groups excluding carboxylic acids is 2. The lowest BCUT2D eigenvalue weighted by atomic mass is 9.96. The Morgan fingerprint density at radius 2 is 1.79 bits per heavy atom. The quantitative estimate of drug-likeness (QED) is 0.649. The number of carbonyl (C=O) groups is 2. The standard InChI is InChI=1S/C20H20N4O2S2/c25-18(23-19-22-16(13-28-19)17-7-4-12-27-17)14-8-10-24(11-9-14)20(26)21-15-5-2-1-3-6-15/h1-7,12-14H,8-11H2,(H,21,26)(H,22,23,25). The predicted molar refractivity (Wildman–Crippen MR) is 114 cm³/mol. The third-order valence-electron chi connectivity index (χ3n) is 4.69. The molecule has 1 saturated heterocycles. The predicted octanol–water partition coefficient (Wildman–Crippen LogP) is 4.75. The van der Waals surface area contributed by atoms with Gasteiger partial charge in [0, 0.05) is 30.1 Å². The Kier molecular flexibility index (Phi) is 5.68. The fourth-order valence-electron chi connectivity index (χ4n) is 3.14. The van der Waals surface area contributed by atoms with Crippen LogP contribution in [-0.4, -0.2) is 34.9 Å². The number of thiazole rings is 1. The molecule has 2 N–H and O–H groups in total. The first kappa shape index (κ1) is 18.6. The van der Waals surface area contributed by atoms with Gasteiger partial charge in [-0.05, 0) is 36.4 Å². The molecule has 0 aliphatic carbocycles. The first-order valence-corrected chi connectivity index (χ1v) is 10.9. The van der Waals surface area contributed by atoms with Crippen molar-refractivity contribution in [3.63, 3.8) is 0 Å². The van der Waals surface area contributed by atoms with Gasteiger partial charge in [-0.3, -0.25) is 4.79 Å². The summed E-state index contributed by atoms with van der Waals surface area (Å²) in [6.45, 7) is 1.13. The number of amides is 3. The number of hydrogen-bond donors (Lipinski definition) is 2. The number of rotatable bonds is 4. The molecule has 0 saturated carbocycles. The van der Waals surface area contributed by atoms with Crippen LogP contribution in [-0.2, 0) is 4.79 Å². The fourth-order valence-corrected chi connectivity index (χ4v) is 4.62. The summed E-state index contributed by atoms with van der Waals surface area (Å²) in [6, 6.07) is 13.3. The number of hydrogen-bond acceptors (Lipinski definition) is 5. The lowest BCUT2D eigenvalue weighted by molar-refractivity contribution is -0.121. The summed E-state index contributed by atoms with van der Waals surface area (Å²) < 4.78 is 0. The van der Waals surface area contributed by atoms with E-state index in [2.05, 4.69) is 15.6 Å². The van der Waals surface area contributed by atoms with Gasteiger partial charge in [-0.1, -0.05) is 24.3 Å². The second-order valence-electron chi connectivity index (χ2n) is 6.56. The number of thiophene rings is 1. The summed E-state index contributed by atoms with van der Waals surface area (Å²) in [6.07, 6.45) is 1.30. The van der Waals surface area contributed by atoms with Crippen LogP contribution >= 0.6 is 22.7 Å². The van der Waals surface area contributed by atoms with E-state index in [9.17, 15) is 9.59 Å². The number of piperidine rings is 1. The molecular formula is C20H20N4O2S2. The third-order valence-corrected chi connectivity index (χ3v) is 6.34. The Labute approximate surface area is 171 Å². The van der Waals surface area contributed by atoms with E-state index in [-0.39, 0.29) is 17.9 Å². The molecule has 3 aromatic rings. The average Bonchev–Trinajstić information content (AvgIpc) is 3.40. The van der Waals surface area contributed by atoms with Crippen molar-refractivity contribution in [2.45, 2.75) is 12.8 Å². The third kappa shape index (κ3) is 4.40. The molecule has 6 nitrogen and oxygen atoms in total. The molecule has 1 fully saturated rings. The number of benzene rings is 1. The van der Waals surface area contributed by atoms with Gasteiger partial charge in [0.05, 0.1) is 10.6 Å². The molecule has 1 aromatic carbocycles. The van der Waals surface area contributed by atoms with Crippen LogP contribution in [0.25, 0.3) is 10.6 Å². The second-order valence-corrected chi connectivity index (χ2v) is 8.37. The number of para-hydroxylation sites is 1. The Hall–Kier alpha value is -2.71. The number of anilines is 2. The minimum absolute atomic E-state index is 0.0183. The zero-order valence-corrected chi connectivity index (χ0v) is 16.8. The van der Waals surface area contributed by atoms with Crippen LogP contribution in [0.4, 0.5) is 15.6 Å². The zero-order valence-electron chi connectivity index (χ0n) is 15.1. The molecule has 28 heavy (non-hydrogen) atoms. The summed E-state index contributed by atoms with van der Waals surface area (Å²) >= 11 is 3.06. The van der Waals surface area contributed by atoms with Crippen LogP contribution < -0.4 is 10.6 Å². The van der Waals surface area contributed by atoms with E-state index in [1.165, 1.54) is 11.3 Å². The molecule has 0 unspecified atom stereocenters. The van der Waals surface area contributed by atoms with Gasteiger partial charge in [-0.2, -0.15) is 0 Å². The van der Waals surface area contributed by atoms with Gasteiger partial charge >= 0.3 is 6.03 Å². The summed E-state index contributed by atoms with van der Waals surface area (Å²) in [5, 5.41) is 10.4. The molecule has 3 amide bonds. The maximum absolute atomic E-state index is 12.6. The van der Waals surface area contributed by atoms with E-state index in [0.717, 1.165) is 16.3 Å². The van der Waals surface area contributed by atoms with Crippen LogP contribution in [0.5, 0.6) is 0 Å². The van der Waals surface area contributed by atoms with E-state index in [1.54, 1.807) is 16.2 Å². The summed E-state index contributed by atoms with van der Waals surface area (Å²) in [4.78, 5) is 32.3. The van der Waals surface area contributed by atoms with Crippen molar-refractivity contribution in [1.29, 1.82) is 0 Å². The number of nitrogens with one attached hydrogen (secondary N) is 2. The molecule has 0 bridgehead atoms. The Morgan fingerprint density at radius 3 is 2.50 bits per heavy atom. The van der Waals surface area contributed by atoms with E-state index in [1.807, 2.05) is 53.2 Å². The highest BCUT2D eigenvalue weighted by atomic mass is 32.1. The second kappa shape index (κ2) is 8.53. The molecule has 0 radical (unpaired) electrons. The molecule has 0 atom stereocenters. The number of likely N-dealkylation sites (tertiary alicyclic amines) is 1. The van der Waals surface area contributed by atoms with Gasteiger partial charge in [-0.15, -0.1) is 22.7 Å².